The lowest BCUT2D eigenvalue weighted by atomic mass is 9.97. The number of nitrogens with zero attached hydrogens (tertiary/aromatic N) is 1. The number of aryl methyl sites for hydroxylation is 3. The van der Waals surface area contributed by atoms with Crippen molar-refractivity contribution < 1.29 is 0 Å². The minimum atomic E-state index is 0.462. The topological polar surface area (TPSA) is 3.24 Å². The van der Waals surface area contributed by atoms with E-state index in [4.69, 9.17) is 0 Å². The molecule has 0 saturated carbocycles. The number of hydrogen-bond donors (Lipinski definition) is 0. The van der Waals surface area contributed by atoms with E-state index in [1.807, 2.05) is 0 Å². The van der Waals surface area contributed by atoms with E-state index < -0.39 is 0 Å². The summed E-state index contributed by atoms with van der Waals surface area (Å²) in [7, 11) is 0. The zero-order valence-electron chi connectivity index (χ0n) is 15.0. The molecule has 1 atom stereocenters. The van der Waals surface area contributed by atoms with Crippen molar-refractivity contribution in [3.63, 3.8) is 0 Å². The van der Waals surface area contributed by atoms with Crippen LogP contribution in [0, 0.1) is 20.8 Å². The Labute approximate surface area is 140 Å². The molecule has 0 amide bonds. The first-order valence-corrected chi connectivity index (χ1v) is 8.47. The molecule has 0 fully saturated rings. The SMILES string of the molecule is C=C(C)c1cccc2c1CN(Cc1c(C)cc(C)cc1C)C2C. The lowest BCUT2D eigenvalue weighted by Crippen LogP contribution is -2.20. The maximum absolute atomic E-state index is 4.16. The van der Waals surface area contributed by atoms with Gasteiger partial charge in [-0.05, 0) is 68.0 Å². The van der Waals surface area contributed by atoms with Crippen molar-refractivity contribution in [3.8, 4) is 0 Å². The fourth-order valence-corrected chi connectivity index (χ4v) is 3.96. The van der Waals surface area contributed by atoms with Gasteiger partial charge in [0.05, 0.1) is 0 Å². The molecule has 0 N–H and O–H groups in total. The smallest absolute Gasteiger partial charge is 0.0330 e. The molecule has 0 aromatic heterocycles. The Morgan fingerprint density at radius 2 is 1.83 bits per heavy atom. The molecule has 3 rings (SSSR count). The summed E-state index contributed by atoms with van der Waals surface area (Å²) in [6.07, 6.45) is 0. The molecule has 0 spiro atoms. The Kier molecular flexibility index (Phi) is 4.16. The third-order valence-electron chi connectivity index (χ3n) is 5.23. The van der Waals surface area contributed by atoms with Crippen LogP contribution in [-0.2, 0) is 13.1 Å². The molecule has 0 saturated heterocycles. The van der Waals surface area contributed by atoms with E-state index in [9.17, 15) is 0 Å². The van der Waals surface area contributed by atoms with E-state index in [-0.39, 0.29) is 0 Å². The second-order valence-corrected chi connectivity index (χ2v) is 7.11. The van der Waals surface area contributed by atoms with Crippen LogP contribution in [0.1, 0.15) is 58.8 Å². The first kappa shape index (κ1) is 16.0. The lowest BCUT2D eigenvalue weighted by molar-refractivity contribution is 0.219. The van der Waals surface area contributed by atoms with Gasteiger partial charge in [-0.3, -0.25) is 4.90 Å². The summed E-state index contributed by atoms with van der Waals surface area (Å²) in [6, 6.07) is 11.7. The van der Waals surface area contributed by atoms with Crippen LogP contribution in [0.25, 0.3) is 5.57 Å². The maximum atomic E-state index is 4.16. The number of hydrogen-bond acceptors (Lipinski definition) is 1. The largest absolute Gasteiger partial charge is 0.288 e. The van der Waals surface area contributed by atoms with Crippen LogP contribution < -0.4 is 0 Å². The van der Waals surface area contributed by atoms with Gasteiger partial charge in [0.2, 0.25) is 0 Å². The Hall–Kier alpha value is -1.86. The molecule has 1 unspecified atom stereocenters. The van der Waals surface area contributed by atoms with E-state index in [1.54, 1.807) is 0 Å². The first-order chi connectivity index (χ1) is 10.9. The quantitative estimate of drug-likeness (QED) is 0.701. The molecule has 23 heavy (non-hydrogen) atoms. The highest BCUT2D eigenvalue weighted by molar-refractivity contribution is 5.66. The summed E-state index contributed by atoms with van der Waals surface area (Å²) in [5.41, 5.74) is 11.1. The van der Waals surface area contributed by atoms with Crippen molar-refractivity contribution in [1.82, 2.24) is 4.90 Å². The Morgan fingerprint density at radius 3 is 2.43 bits per heavy atom. The predicted molar refractivity (Wildman–Crippen MR) is 99.5 cm³/mol. The fraction of sp³-hybridized carbons (Fsp3) is 0.364. The highest BCUT2D eigenvalue weighted by Gasteiger charge is 2.29. The van der Waals surface area contributed by atoms with Gasteiger partial charge in [-0.15, -0.1) is 0 Å². The lowest BCUT2D eigenvalue weighted by Gasteiger charge is -2.24. The molecule has 2 aromatic rings. The Balaban J connectivity index is 1.93. The molecule has 1 aliphatic rings. The second kappa shape index (κ2) is 5.98. The van der Waals surface area contributed by atoms with Crippen molar-refractivity contribution in [2.45, 2.75) is 53.8 Å². The zero-order valence-corrected chi connectivity index (χ0v) is 15.0. The van der Waals surface area contributed by atoms with Crippen LogP contribution in [0.15, 0.2) is 36.9 Å². The third-order valence-corrected chi connectivity index (χ3v) is 5.23. The van der Waals surface area contributed by atoms with E-state index in [1.165, 1.54) is 44.5 Å². The van der Waals surface area contributed by atoms with Gasteiger partial charge in [0.15, 0.2) is 0 Å². The van der Waals surface area contributed by atoms with Crippen molar-refractivity contribution in [1.29, 1.82) is 0 Å². The highest BCUT2D eigenvalue weighted by Crippen LogP contribution is 2.38. The summed E-state index contributed by atoms with van der Waals surface area (Å²) in [5.74, 6) is 0. The van der Waals surface area contributed by atoms with Crippen molar-refractivity contribution >= 4 is 5.57 Å². The Morgan fingerprint density at radius 1 is 1.17 bits per heavy atom. The number of allylic oxidation sites excluding steroid dienone is 1. The van der Waals surface area contributed by atoms with Crippen molar-refractivity contribution in [2.24, 2.45) is 0 Å². The number of fused-ring (bicyclic) bond motifs is 1. The first-order valence-electron chi connectivity index (χ1n) is 8.47. The average Bonchev–Trinajstić information content (AvgIpc) is 2.79. The average molecular weight is 305 g/mol. The fourth-order valence-electron chi connectivity index (χ4n) is 3.96. The number of benzene rings is 2. The molecular weight excluding hydrogens is 278 g/mol. The molecule has 120 valence electrons. The van der Waals surface area contributed by atoms with Gasteiger partial charge in [0.1, 0.15) is 0 Å². The minimum Gasteiger partial charge on any atom is -0.288 e. The summed E-state index contributed by atoms with van der Waals surface area (Å²) in [5, 5.41) is 0. The molecule has 0 radical (unpaired) electrons. The van der Waals surface area contributed by atoms with Gasteiger partial charge >= 0.3 is 0 Å². The van der Waals surface area contributed by atoms with Gasteiger partial charge in [0, 0.05) is 19.1 Å². The van der Waals surface area contributed by atoms with Crippen LogP contribution in [0.5, 0.6) is 0 Å². The normalized spacial score (nSPS) is 17.3. The maximum Gasteiger partial charge on any atom is 0.0330 e. The molecule has 1 nitrogen and oxygen atoms in total. The third kappa shape index (κ3) is 2.86. The Bertz CT molecular complexity index is 747. The summed E-state index contributed by atoms with van der Waals surface area (Å²) in [4.78, 5) is 2.59. The molecule has 1 heteroatoms. The van der Waals surface area contributed by atoms with Crippen molar-refractivity contribution in [2.75, 3.05) is 0 Å². The van der Waals surface area contributed by atoms with Crippen LogP contribution in [-0.4, -0.2) is 4.90 Å². The van der Waals surface area contributed by atoms with Gasteiger partial charge in [-0.25, -0.2) is 0 Å². The summed E-state index contributed by atoms with van der Waals surface area (Å²) < 4.78 is 0. The summed E-state index contributed by atoms with van der Waals surface area (Å²) >= 11 is 0. The van der Waals surface area contributed by atoms with E-state index >= 15 is 0 Å². The predicted octanol–water partition coefficient (Wildman–Crippen LogP) is 5.72. The van der Waals surface area contributed by atoms with E-state index in [0.717, 1.165) is 13.1 Å². The molecule has 2 aromatic carbocycles. The molecule has 0 bridgehead atoms. The standard InChI is InChI=1S/C22H27N/c1-14(2)19-8-7-9-20-18(6)23(13-22(19)20)12-21-16(4)10-15(3)11-17(21)5/h7-11,18H,1,12-13H2,2-6H3. The number of rotatable bonds is 3. The van der Waals surface area contributed by atoms with E-state index in [0.29, 0.717) is 6.04 Å². The van der Waals surface area contributed by atoms with E-state index in [2.05, 4.69) is 76.4 Å². The summed E-state index contributed by atoms with van der Waals surface area (Å²) in [6.45, 7) is 17.3. The molecular formula is C22H27N. The second-order valence-electron chi connectivity index (χ2n) is 7.11. The van der Waals surface area contributed by atoms with Crippen LogP contribution in [0.2, 0.25) is 0 Å². The van der Waals surface area contributed by atoms with Gasteiger partial charge in [-0.2, -0.15) is 0 Å². The van der Waals surface area contributed by atoms with Gasteiger partial charge < -0.3 is 0 Å². The highest BCUT2D eigenvalue weighted by atomic mass is 15.2. The van der Waals surface area contributed by atoms with Gasteiger partial charge in [0.25, 0.3) is 0 Å². The van der Waals surface area contributed by atoms with Crippen LogP contribution in [0.3, 0.4) is 0 Å². The van der Waals surface area contributed by atoms with Crippen molar-refractivity contribution in [3.05, 3.63) is 75.9 Å². The van der Waals surface area contributed by atoms with Crippen LogP contribution in [0.4, 0.5) is 0 Å². The molecule has 0 aliphatic carbocycles. The molecule has 1 heterocycles. The monoisotopic (exact) mass is 305 g/mol. The molecule has 1 aliphatic heterocycles. The van der Waals surface area contributed by atoms with Crippen LogP contribution >= 0.6 is 0 Å². The zero-order chi connectivity index (χ0) is 16.7. The minimum absolute atomic E-state index is 0.462. The van der Waals surface area contributed by atoms with Gasteiger partial charge in [-0.1, -0.05) is 48.0 Å².